The van der Waals surface area contributed by atoms with Gasteiger partial charge in [-0.2, -0.15) is 0 Å². The SMILES string of the molecule is Nc1c(F)c(F)c(-c2c(F)c(F)c(F)c(F)c2F)c(F)c1F. The lowest BCUT2D eigenvalue weighted by Gasteiger charge is -2.12. The molecule has 0 bridgehead atoms. The van der Waals surface area contributed by atoms with Gasteiger partial charge >= 0.3 is 0 Å². The molecule has 1 nitrogen and oxygen atoms in total. The molecule has 0 saturated carbocycles. The molecule has 0 saturated heterocycles. The number of rotatable bonds is 1. The Morgan fingerprint density at radius 3 is 0.909 bits per heavy atom. The molecule has 2 rings (SSSR count). The van der Waals surface area contributed by atoms with E-state index in [0.29, 0.717) is 0 Å². The van der Waals surface area contributed by atoms with Gasteiger partial charge in [0.05, 0.1) is 11.1 Å². The van der Waals surface area contributed by atoms with Crippen LogP contribution in [0.25, 0.3) is 11.1 Å². The molecule has 0 radical (unpaired) electrons. The monoisotopic (exact) mass is 331 g/mol. The molecule has 118 valence electrons. The second-order valence-corrected chi connectivity index (χ2v) is 3.99. The third-order valence-corrected chi connectivity index (χ3v) is 2.76. The highest BCUT2D eigenvalue weighted by Crippen LogP contribution is 2.38. The summed E-state index contributed by atoms with van der Waals surface area (Å²) in [6.45, 7) is 0. The minimum atomic E-state index is -2.62. The Hall–Kier alpha value is -2.39. The van der Waals surface area contributed by atoms with Crippen molar-refractivity contribution in [2.45, 2.75) is 0 Å². The summed E-state index contributed by atoms with van der Waals surface area (Å²) in [5.41, 5.74) is -1.23. The van der Waals surface area contributed by atoms with Crippen LogP contribution in [-0.2, 0) is 0 Å². The van der Waals surface area contributed by atoms with E-state index in [-0.39, 0.29) is 0 Å². The average Bonchev–Trinajstić information content (AvgIpc) is 2.50. The molecule has 0 aliphatic carbocycles. The van der Waals surface area contributed by atoms with Crippen molar-refractivity contribution in [3.63, 3.8) is 0 Å². The summed E-state index contributed by atoms with van der Waals surface area (Å²) in [6.07, 6.45) is 0. The van der Waals surface area contributed by atoms with Crippen LogP contribution in [0, 0.1) is 52.4 Å². The summed E-state index contributed by atoms with van der Waals surface area (Å²) < 4.78 is 120. The van der Waals surface area contributed by atoms with Gasteiger partial charge in [0, 0.05) is 0 Å². The normalized spacial score (nSPS) is 11.1. The molecule has 0 heterocycles. The topological polar surface area (TPSA) is 26.0 Å². The molecule has 0 fully saturated rings. The van der Waals surface area contributed by atoms with E-state index in [9.17, 15) is 39.5 Å². The maximum atomic E-state index is 13.6. The van der Waals surface area contributed by atoms with Gasteiger partial charge in [0.1, 0.15) is 5.69 Å². The van der Waals surface area contributed by atoms with Crippen molar-refractivity contribution >= 4 is 5.69 Å². The summed E-state index contributed by atoms with van der Waals surface area (Å²) in [5.74, 6) is -22.3. The highest BCUT2D eigenvalue weighted by atomic mass is 19.2. The molecule has 0 aliphatic heterocycles. The van der Waals surface area contributed by atoms with Crippen LogP contribution < -0.4 is 5.73 Å². The third kappa shape index (κ3) is 1.97. The first-order valence-corrected chi connectivity index (χ1v) is 5.24. The molecule has 2 N–H and O–H groups in total. The minimum Gasteiger partial charge on any atom is -0.394 e. The zero-order valence-electron chi connectivity index (χ0n) is 9.98. The zero-order valence-corrected chi connectivity index (χ0v) is 9.98. The Morgan fingerprint density at radius 1 is 0.364 bits per heavy atom. The van der Waals surface area contributed by atoms with Crippen LogP contribution in [0.5, 0.6) is 0 Å². The second-order valence-electron chi connectivity index (χ2n) is 3.99. The average molecular weight is 331 g/mol. The fraction of sp³-hybridized carbons (Fsp3) is 0. The summed E-state index contributed by atoms with van der Waals surface area (Å²) in [7, 11) is 0. The third-order valence-electron chi connectivity index (χ3n) is 2.76. The highest BCUT2D eigenvalue weighted by molar-refractivity contribution is 5.69. The Kier molecular flexibility index (Phi) is 3.71. The minimum absolute atomic E-state index is 1.65. The van der Waals surface area contributed by atoms with Crippen LogP contribution in [0.4, 0.5) is 45.2 Å². The van der Waals surface area contributed by atoms with Crippen molar-refractivity contribution in [3.05, 3.63) is 52.4 Å². The zero-order chi connectivity index (χ0) is 16.9. The van der Waals surface area contributed by atoms with Gasteiger partial charge < -0.3 is 5.73 Å². The van der Waals surface area contributed by atoms with Gasteiger partial charge in [-0.15, -0.1) is 0 Å². The Morgan fingerprint density at radius 2 is 0.591 bits per heavy atom. The summed E-state index contributed by atoms with van der Waals surface area (Å²) in [5, 5.41) is 0. The maximum Gasteiger partial charge on any atom is 0.200 e. The van der Waals surface area contributed by atoms with E-state index in [0.717, 1.165) is 0 Å². The van der Waals surface area contributed by atoms with Gasteiger partial charge in [-0.1, -0.05) is 0 Å². The van der Waals surface area contributed by atoms with E-state index in [4.69, 9.17) is 0 Å². The molecule has 2 aromatic rings. The molecular weight excluding hydrogens is 329 g/mol. The molecule has 0 amide bonds. The second kappa shape index (κ2) is 5.11. The van der Waals surface area contributed by atoms with Crippen molar-refractivity contribution in [1.82, 2.24) is 0 Å². The van der Waals surface area contributed by atoms with Gasteiger partial charge in [-0.05, 0) is 0 Å². The first-order valence-electron chi connectivity index (χ1n) is 5.24. The molecule has 0 spiro atoms. The Bertz CT molecular complexity index is 675. The predicted molar refractivity (Wildman–Crippen MR) is 55.9 cm³/mol. The summed E-state index contributed by atoms with van der Waals surface area (Å²) in [6, 6.07) is 0. The first kappa shape index (κ1) is 16.0. The van der Waals surface area contributed by atoms with E-state index in [1.165, 1.54) is 0 Å². The van der Waals surface area contributed by atoms with E-state index in [1.54, 1.807) is 0 Å². The Balaban J connectivity index is 3.03. The molecule has 10 heteroatoms. The van der Waals surface area contributed by atoms with E-state index < -0.39 is 69.2 Å². The molecule has 22 heavy (non-hydrogen) atoms. The molecule has 2 aromatic carbocycles. The van der Waals surface area contributed by atoms with Crippen LogP contribution in [0.15, 0.2) is 0 Å². The van der Waals surface area contributed by atoms with Crippen molar-refractivity contribution < 1.29 is 39.5 Å². The molecular formula is C12H2F9N. The number of anilines is 1. The van der Waals surface area contributed by atoms with Gasteiger partial charge in [0.25, 0.3) is 0 Å². The largest absolute Gasteiger partial charge is 0.394 e. The fourth-order valence-corrected chi connectivity index (χ4v) is 1.69. The van der Waals surface area contributed by atoms with Crippen molar-refractivity contribution in [3.8, 4) is 11.1 Å². The lowest BCUT2D eigenvalue weighted by molar-refractivity contribution is 0.379. The van der Waals surface area contributed by atoms with Crippen LogP contribution in [0.2, 0.25) is 0 Å². The van der Waals surface area contributed by atoms with Crippen LogP contribution in [0.1, 0.15) is 0 Å². The van der Waals surface area contributed by atoms with Crippen molar-refractivity contribution in [2.24, 2.45) is 0 Å². The molecule has 0 atom stereocenters. The number of nitrogens with two attached hydrogens (primary N) is 1. The highest BCUT2D eigenvalue weighted by Gasteiger charge is 2.33. The van der Waals surface area contributed by atoms with Crippen LogP contribution >= 0.6 is 0 Å². The smallest absolute Gasteiger partial charge is 0.200 e. The first-order chi connectivity index (χ1) is 10.1. The number of benzene rings is 2. The van der Waals surface area contributed by atoms with E-state index in [1.807, 2.05) is 0 Å². The van der Waals surface area contributed by atoms with Crippen molar-refractivity contribution in [1.29, 1.82) is 0 Å². The molecule has 0 aliphatic rings. The lowest BCUT2D eigenvalue weighted by atomic mass is 10.0. The van der Waals surface area contributed by atoms with Gasteiger partial charge in [-0.25, -0.2) is 39.5 Å². The number of hydrogen-bond acceptors (Lipinski definition) is 1. The molecule has 0 aromatic heterocycles. The fourth-order valence-electron chi connectivity index (χ4n) is 1.69. The standard InChI is InChI=1S/C12H2F9N/c13-3-1(4(14)8(18)9(19)7(3)17)2-5(15)10(20)12(22)11(21)6(2)16/h22H2. The van der Waals surface area contributed by atoms with Gasteiger partial charge in [0.2, 0.25) is 5.82 Å². The number of nitrogen functional groups attached to an aromatic ring is 1. The van der Waals surface area contributed by atoms with Gasteiger partial charge in [0.15, 0.2) is 46.5 Å². The van der Waals surface area contributed by atoms with E-state index in [2.05, 4.69) is 5.73 Å². The van der Waals surface area contributed by atoms with E-state index >= 15 is 0 Å². The predicted octanol–water partition coefficient (Wildman–Crippen LogP) is 4.19. The van der Waals surface area contributed by atoms with Crippen molar-refractivity contribution in [2.75, 3.05) is 5.73 Å². The summed E-state index contributed by atoms with van der Waals surface area (Å²) in [4.78, 5) is 0. The van der Waals surface area contributed by atoms with Crippen LogP contribution in [0.3, 0.4) is 0 Å². The van der Waals surface area contributed by atoms with Gasteiger partial charge in [-0.3, -0.25) is 0 Å². The Labute approximate surface area is 115 Å². The number of halogens is 9. The maximum absolute atomic E-state index is 13.6. The lowest BCUT2D eigenvalue weighted by Crippen LogP contribution is -2.10. The van der Waals surface area contributed by atoms with Crippen LogP contribution in [-0.4, -0.2) is 0 Å². The number of hydrogen-bond donors (Lipinski definition) is 1. The summed E-state index contributed by atoms with van der Waals surface area (Å²) >= 11 is 0. The molecule has 0 unspecified atom stereocenters. The quantitative estimate of drug-likeness (QED) is 0.361.